The summed E-state index contributed by atoms with van der Waals surface area (Å²) in [4.78, 5) is 18.9. The predicted octanol–water partition coefficient (Wildman–Crippen LogP) is 3.91. The fourth-order valence-electron chi connectivity index (χ4n) is 4.65. The second-order valence-electron chi connectivity index (χ2n) is 10.0. The number of nitrogens with zero attached hydrogens (tertiary/aromatic N) is 4. The number of nitrogens with one attached hydrogen (secondary N) is 4. The van der Waals surface area contributed by atoms with Gasteiger partial charge in [0.25, 0.3) is 0 Å². The molecule has 1 fully saturated rings. The molecule has 0 unspecified atom stereocenters. The minimum Gasteiger partial charge on any atom is -0.354 e. The zero-order valence-corrected chi connectivity index (χ0v) is 23.9. The summed E-state index contributed by atoms with van der Waals surface area (Å²) in [6, 6.07) is 13.0. The molecule has 1 aliphatic rings. The third-order valence-electron chi connectivity index (χ3n) is 6.83. The predicted molar refractivity (Wildman–Crippen MR) is 154 cm³/mol. The van der Waals surface area contributed by atoms with E-state index in [1.807, 2.05) is 37.3 Å². The molecule has 11 heteroatoms. The first-order valence-corrected chi connectivity index (χ1v) is 15.3. The molecule has 3 heterocycles. The van der Waals surface area contributed by atoms with Gasteiger partial charge in [-0.2, -0.15) is 15.0 Å². The van der Waals surface area contributed by atoms with Crippen LogP contribution in [0, 0.1) is 6.92 Å². The molecule has 4 rings (SSSR count). The summed E-state index contributed by atoms with van der Waals surface area (Å²) in [7, 11) is -3.71. The highest BCUT2D eigenvalue weighted by Crippen LogP contribution is 2.30. The SMILES string of the molecule is CCCCNc1nc(NCc2cccc(C)n2)nc([C@]2(CNS(=O)(=O)c3ccc(CCC)cc3)CCCN2)n1. The van der Waals surface area contributed by atoms with Gasteiger partial charge in [-0.15, -0.1) is 0 Å². The molecule has 0 saturated carbocycles. The van der Waals surface area contributed by atoms with E-state index in [0.29, 0.717) is 30.7 Å². The number of sulfonamides is 1. The first-order valence-electron chi connectivity index (χ1n) is 13.8. The van der Waals surface area contributed by atoms with Gasteiger partial charge in [0.2, 0.25) is 21.9 Å². The van der Waals surface area contributed by atoms with Gasteiger partial charge in [-0.3, -0.25) is 4.98 Å². The van der Waals surface area contributed by atoms with Crippen molar-refractivity contribution in [3.8, 4) is 0 Å². The van der Waals surface area contributed by atoms with Crippen LogP contribution in [0.2, 0.25) is 0 Å². The van der Waals surface area contributed by atoms with Crippen LogP contribution in [0.5, 0.6) is 0 Å². The number of hydrogen-bond donors (Lipinski definition) is 4. The van der Waals surface area contributed by atoms with E-state index in [1.165, 1.54) is 0 Å². The Hall–Kier alpha value is -3.15. The van der Waals surface area contributed by atoms with Crippen molar-refractivity contribution in [3.05, 3.63) is 65.2 Å². The van der Waals surface area contributed by atoms with Crippen molar-refractivity contribution in [2.45, 2.75) is 76.3 Å². The van der Waals surface area contributed by atoms with Crippen molar-refractivity contribution < 1.29 is 8.42 Å². The molecule has 1 atom stereocenters. The van der Waals surface area contributed by atoms with Crippen LogP contribution in [0.15, 0.2) is 47.4 Å². The Morgan fingerprint density at radius 2 is 1.72 bits per heavy atom. The first kappa shape index (κ1) is 28.8. The van der Waals surface area contributed by atoms with Gasteiger partial charge in [-0.05, 0) is 69.0 Å². The molecule has 0 amide bonds. The third-order valence-corrected chi connectivity index (χ3v) is 8.25. The Morgan fingerprint density at radius 3 is 2.38 bits per heavy atom. The van der Waals surface area contributed by atoms with E-state index in [4.69, 9.17) is 9.97 Å². The van der Waals surface area contributed by atoms with E-state index in [2.05, 4.69) is 44.5 Å². The van der Waals surface area contributed by atoms with Crippen LogP contribution in [-0.2, 0) is 28.5 Å². The molecular formula is C28H40N8O2S. The maximum atomic E-state index is 13.2. The van der Waals surface area contributed by atoms with E-state index >= 15 is 0 Å². The number of pyridine rings is 1. The normalized spacial score (nSPS) is 17.3. The minimum absolute atomic E-state index is 0.128. The van der Waals surface area contributed by atoms with E-state index in [9.17, 15) is 8.42 Å². The van der Waals surface area contributed by atoms with Gasteiger partial charge in [0.1, 0.15) is 0 Å². The number of aryl methyl sites for hydroxylation is 2. The summed E-state index contributed by atoms with van der Waals surface area (Å²) in [5, 5.41) is 10.1. The summed E-state index contributed by atoms with van der Waals surface area (Å²) in [5.41, 5.74) is 2.19. The molecule has 210 valence electrons. The number of benzene rings is 1. The molecule has 2 aromatic heterocycles. The van der Waals surface area contributed by atoms with Gasteiger partial charge >= 0.3 is 0 Å². The average Bonchev–Trinajstić information content (AvgIpc) is 3.42. The quantitative estimate of drug-likeness (QED) is 0.220. The van der Waals surface area contributed by atoms with Crippen molar-refractivity contribution in [3.63, 3.8) is 0 Å². The molecule has 0 aliphatic carbocycles. The zero-order valence-electron chi connectivity index (χ0n) is 23.1. The van der Waals surface area contributed by atoms with Crippen LogP contribution in [0.25, 0.3) is 0 Å². The molecule has 10 nitrogen and oxygen atoms in total. The standard InChI is InChI=1S/C28H40N8O2S/c1-4-6-17-29-26-34-25(35-27(36-26)30-19-23-11-7-10-21(3)33-23)28(16-8-18-31-28)20-32-39(37,38)24-14-12-22(9-5-2)13-15-24/h7,10-15,31-32H,4-6,8-9,16-20H2,1-3H3,(H2,29,30,34,35,36)/t28-/m1/s1. The van der Waals surface area contributed by atoms with Gasteiger partial charge in [0.05, 0.1) is 22.7 Å². The molecule has 0 spiro atoms. The fourth-order valence-corrected chi connectivity index (χ4v) is 5.74. The van der Waals surface area contributed by atoms with Crippen LogP contribution in [0.4, 0.5) is 11.9 Å². The molecule has 1 saturated heterocycles. The van der Waals surface area contributed by atoms with Gasteiger partial charge in [-0.25, -0.2) is 13.1 Å². The maximum Gasteiger partial charge on any atom is 0.240 e. The Morgan fingerprint density at radius 1 is 0.949 bits per heavy atom. The second-order valence-corrected chi connectivity index (χ2v) is 11.8. The Kier molecular flexibility index (Phi) is 9.82. The average molecular weight is 553 g/mol. The third kappa shape index (κ3) is 7.71. The highest BCUT2D eigenvalue weighted by Gasteiger charge is 2.40. The molecule has 1 aliphatic heterocycles. The maximum absolute atomic E-state index is 13.2. The molecule has 4 N–H and O–H groups in total. The van der Waals surface area contributed by atoms with Crippen LogP contribution >= 0.6 is 0 Å². The van der Waals surface area contributed by atoms with Gasteiger partial charge in [-0.1, -0.05) is 44.9 Å². The number of anilines is 2. The molecule has 3 aromatic rings. The van der Waals surface area contributed by atoms with Gasteiger partial charge in [0, 0.05) is 18.8 Å². The summed E-state index contributed by atoms with van der Waals surface area (Å²) in [6.07, 6.45) is 5.54. The van der Waals surface area contributed by atoms with E-state index in [1.54, 1.807) is 12.1 Å². The molecule has 0 radical (unpaired) electrons. The Labute approximate surface area is 231 Å². The Balaban J connectivity index is 1.57. The van der Waals surface area contributed by atoms with E-state index in [0.717, 1.165) is 62.1 Å². The van der Waals surface area contributed by atoms with E-state index < -0.39 is 15.6 Å². The summed E-state index contributed by atoms with van der Waals surface area (Å²) >= 11 is 0. The number of rotatable bonds is 14. The lowest BCUT2D eigenvalue weighted by molar-refractivity contribution is 0.363. The van der Waals surface area contributed by atoms with Crippen LogP contribution in [-0.4, -0.2) is 48.0 Å². The smallest absolute Gasteiger partial charge is 0.240 e. The lowest BCUT2D eigenvalue weighted by atomic mass is 9.97. The highest BCUT2D eigenvalue weighted by molar-refractivity contribution is 7.89. The monoisotopic (exact) mass is 552 g/mol. The molecular weight excluding hydrogens is 512 g/mol. The lowest BCUT2D eigenvalue weighted by Crippen LogP contribution is -2.48. The van der Waals surface area contributed by atoms with Crippen LogP contribution < -0.4 is 20.7 Å². The van der Waals surface area contributed by atoms with Crippen molar-refractivity contribution in [1.29, 1.82) is 0 Å². The summed E-state index contributed by atoms with van der Waals surface area (Å²) < 4.78 is 29.2. The molecule has 0 bridgehead atoms. The number of hydrogen-bond acceptors (Lipinski definition) is 9. The largest absolute Gasteiger partial charge is 0.354 e. The topological polar surface area (TPSA) is 134 Å². The van der Waals surface area contributed by atoms with Gasteiger partial charge in [0.15, 0.2) is 5.82 Å². The van der Waals surface area contributed by atoms with Crippen LogP contribution in [0.1, 0.15) is 68.7 Å². The van der Waals surface area contributed by atoms with E-state index in [-0.39, 0.29) is 11.4 Å². The molecule has 39 heavy (non-hydrogen) atoms. The van der Waals surface area contributed by atoms with Crippen molar-refractivity contribution in [1.82, 2.24) is 30.0 Å². The van der Waals surface area contributed by atoms with Crippen molar-refractivity contribution in [2.24, 2.45) is 0 Å². The first-order chi connectivity index (χ1) is 18.8. The second kappa shape index (κ2) is 13.3. The highest BCUT2D eigenvalue weighted by atomic mass is 32.2. The summed E-state index contributed by atoms with van der Waals surface area (Å²) in [5.74, 6) is 1.40. The van der Waals surface area contributed by atoms with Gasteiger partial charge < -0.3 is 16.0 Å². The fraction of sp³-hybridized carbons (Fsp3) is 0.500. The zero-order chi connectivity index (χ0) is 27.7. The molecule has 1 aromatic carbocycles. The number of unbranched alkanes of at least 4 members (excludes halogenated alkanes) is 1. The van der Waals surface area contributed by atoms with Crippen LogP contribution in [0.3, 0.4) is 0 Å². The Bertz CT molecular complexity index is 1330. The minimum atomic E-state index is -3.71. The lowest BCUT2D eigenvalue weighted by Gasteiger charge is -2.28. The summed E-state index contributed by atoms with van der Waals surface area (Å²) in [6.45, 7) is 8.25. The number of aromatic nitrogens is 4. The van der Waals surface area contributed by atoms with Crippen molar-refractivity contribution in [2.75, 3.05) is 30.3 Å². The van der Waals surface area contributed by atoms with Crippen molar-refractivity contribution >= 4 is 21.9 Å².